The highest BCUT2D eigenvalue weighted by atomic mass is 32.2. The summed E-state index contributed by atoms with van der Waals surface area (Å²) in [5, 5.41) is 12.6. The minimum atomic E-state index is -3.54. The lowest BCUT2D eigenvalue weighted by Crippen LogP contribution is -2.29. The molecule has 0 radical (unpaired) electrons. The summed E-state index contributed by atoms with van der Waals surface area (Å²) in [7, 11) is -1.97. The number of hydrogen-bond donors (Lipinski definition) is 2. The van der Waals surface area contributed by atoms with Gasteiger partial charge >= 0.3 is 0 Å². The summed E-state index contributed by atoms with van der Waals surface area (Å²) in [6.45, 7) is 2.88. The molecule has 0 aliphatic heterocycles. The van der Waals surface area contributed by atoms with Crippen LogP contribution < -0.4 is 4.72 Å². The Labute approximate surface area is 107 Å². The lowest BCUT2D eigenvalue weighted by Gasteiger charge is -2.10. The van der Waals surface area contributed by atoms with Gasteiger partial charge in [0, 0.05) is 26.5 Å². The van der Waals surface area contributed by atoms with Crippen LogP contribution in [0.3, 0.4) is 0 Å². The normalized spacial score (nSPS) is 13.7. The van der Waals surface area contributed by atoms with Gasteiger partial charge in [0.05, 0.1) is 19.3 Å². The number of aromatic nitrogens is 2. The quantitative estimate of drug-likeness (QED) is 0.664. The molecule has 0 aromatic carbocycles. The number of sulfonamides is 1. The van der Waals surface area contributed by atoms with Crippen LogP contribution in [0.5, 0.6) is 0 Å². The smallest absolute Gasteiger partial charge is 0.243 e. The molecule has 1 rings (SSSR count). The SMILES string of the molecule is COCC(C)CNS(=O)(=O)c1cnn(CCO)c1. The van der Waals surface area contributed by atoms with E-state index in [0.29, 0.717) is 13.2 Å². The number of nitrogens with zero attached hydrogens (tertiary/aromatic N) is 2. The molecular formula is C10H19N3O4S. The Kier molecular flexibility index (Phi) is 5.73. The Balaban J connectivity index is 2.62. The highest BCUT2D eigenvalue weighted by Crippen LogP contribution is 2.07. The van der Waals surface area contributed by atoms with Crippen molar-refractivity contribution >= 4 is 10.0 Å². The molecule has 0 fully saturated rings. The van der Waals surface area contributed by atoms with Gasteiger partial charge in [-0.25, -0.2) is 13.1 Å². The highest BCUT2D eigenvalue weighted by molar-refractivity contribution is 7.89. The molecule has 7 nitrogen and oxygen atoms in total. The number of nitrogens with one attached hydrogen (secondary N) is 1. The van der Waals surface area contributed by atoms with Crippen molar-refractivity contribution in [2.75, 3.05) is 26.9 Å². The van der Waals surface area contributed by atoms with E-state index in [9.17, 15) is 8.42 Å². The van der Waals surface area contributed by atoms with Crippen LogP contribution in [-0.4, -0.2) is 50.2 Å². The van der Waals surface area contributed by atoms with Gasteiger partial charge in [0.15, 0.2) is 0 Å². The van der Waals surface area contributed by atoms with Gasteiger partial charge in [-0.1, -0.05) is 6.92 Å². The summed E-state index contributed by atoms with van der Waals surface area (Å²) in [6, 6.07) is 0. The van der Waals surface area contributed by atoms with Crippen molar-refractivity contribution in [3.8, 4) is 0 Å². The van der Waals surface area contributed by atoms with Crippen molar-refractivity contribution in [1.82, 2.24) is 14.5 Å². The van der Waals surface area contributed by atoms with Crippen LogP contribution in [0.1, 0.15) is 6.92 Å². The minimum absolute atomic E-state index is 0.0839. The van der Waals surface area contributed by atoms with Gasteiger partial charge in [-0.2, -0.15) is 5.10 Å². The summed E-state index contributed by atoms with van der Waals surface area (Å²) < 4.78 is 32.6. The maximum absolute atomic E-state index is 11.9. The Morgan fingerprint density at radius 1 is 1.61 bits per heavy atom. The average Bonchev–Trinajstić information content (AvgIpc) is 2.77. The number of rotatable bonds is 8. The first-order chi connectivity index (χ1) is 8.49. The standard InChI is InChI=1S/C10H19N3O4S/c1-9(8-17-2)5-12-18(15,16)10-6-11-13(7-10)3-4-14/h6-7,9,12,14H,3-5,8H2,1-2H3. The van der Waals surface area contributed by atoms with E-state index in [2.05, 4.69) is 9.82 Å². The molecule has 0 aliphatic rings. The van der Waals surface area contributed by atoms with Gasteiger partial charge in [-0.3, -0.25) is 4.68 Å². The first-order valence-electron chi connectivity index (χ1n) is 5.61. The summed E-state index contributed by atoms with van der Waals surface area (Å²) in [5.41, 5.74) is 0. The molecule has 2 N–H and O–H groups in total. The number of ether oxygens (including phenoxy) is 1. The van der Waals surface area contributed by atoms with Crippen molar-refractivity contribution in [1.29, 1.82) is 0 Å². The topological polar surface area (TPSA) is 93.5 Å². The second-order valence-corrected chi connectivity index (χ2v) is 5.84. The molecule has 8 heteroatoms. The third kappa shape index (κ3) is 4.37. The molecule has 0 spiro atoms. The van der Waals surface area contributed by atoms with Crippen LogP contribution in [0.25, 0.3) is 0 Å². The summed E-state index contributed by atoms with van der Waals surface area (Å²) in [5.74, 6) is 0.0947. The third-order valence-electron chi connectivity index (χ3n) is 2.32. The zero-order valence-corrected chi connectivity index (χ0v) is 11.4. The fraction of sp³-hybridized carbons (Fsp3) is 0.700. The lowest BCUT2D eigenvalue weighted by atomic mass is 10.2. The van der Waals surface area contributed by atoms with Gasteiger partial charge in [0.25, 0.3) is 0 Å². The second kappa shape index (κ2) is 6.83. The molecule has 1 aromatic rings. The van der Waals surface area contributed by atoms with Crippen molar-refractivity contribution in [2.45, 2.75) is 18.4 Å². The van der Waals surface area contributed by atoms with E-state index < -0.39 is 10.0 Å². The maximum atomic E-state index is 11.9. The minimum Gasteiger partial charge on any atom is -0.394 e. The molecule has 1 atom stereocenters. The van der Waals surface area contributed by atoms with Crippen molar-refractivity contribution in [3.05, 3.63) is 12.4 Å². The van der Waals surface area contributed by atoms with Crippen LogP contribution >= 0.6 is 0 Å². The molecule has 1 aromatic heterocycles. The van der Waals surface area contributed by atoms with E-state index in [1.54, 1.807) is 7.11 Å². The van der Waals surface area contributed by atoms with E-state index in [0.717, 1.165) is 0 Å². The van der Waals surface area contributed by atoms with Crippen LogP contribution in [0.2, 0.25) is 0 Å². The Bertz CT molecular complexity index is 457. The zero-order chi connectivity index (χ0) is 13.6. The fourth-order valence-corrected chi connectivity index (χ4v) is 2.50. The fourth-order valence-electron chi connectivity index (χ4n) is 1.39. The summed E-state index contributed by atoms with van der Waals surface area (Å²) in [6.07, 6.45) is 2.65. The molecule has 104 valence electrons. The number of hydrogen-bond acceptors (Lipinski definition) is 5. The molecule has 0 bridgehead atoms. The molecule has 1 heterocycles. The third-order valence-corrected chi connectivity index (χ3v) is 3.70. The first kappa shape index (κ1) is 15.1. The van der Waals surface area contributed by atoms with Gasteiger partial charge in [-0.05, 0) is 5.92 Å². The van der Waals surface area contributed by atoms with E-state index >= 15 is 0 Å². The Morgan fingerprint density at radius 2 is 2.33 bits per heavy atom. The predicted octanol–water partition coefficient (Wildman–Crippen LogP) is -0.564. The molecular weight excluding hydrogens is 258 g/mol. The van der Waals surface area contributed by atoms with Crippen LogP contribution in [0.15, 0.2) is 17.3 Å². The molecule has 0 amide bonds. The monoisotopic (exact) mass is 277 g/mol. The van der Waals surface area contributed by atoms with Gasteiger partial charge in [0.1, 0.15) is 4.90 Å². The Hall–Kier alpha value is -0.960. The summed E-state index contributed by atoms with van der Waals surface area (Å²) >= 11 is 0. The van der Waals surface area contributed by atoms with E-state index in [1.165, 1.54) is 17.1 Å². The number of aliphatic hydroxyl groups is 1. The molecule has 0 saturated carbocycles. The molecule has 18 heavy (non-hydrogen) atoms. The van der Waals surface area contributed by atoms with Crippen LogP contribution in [0, 0.1) is 5.92 Å². The van der Waals surface area contributed by atoms with Crippen molar-refractivity contribution < 1.29 is 18.3 Å². The Morgan fingerprint density at radius 3 is 2.94 bits per heavy atom. The van der Waals surface area contributed by atoms with Gasteiger partial charge < -0.3 is 9.84 Å². The van der Waals surface area contributed by atoms with Crippen LogP contribution in [0.4, 0.5) is 0 Å². The number of methoxy groups -OCH3 is 1. The first-order valence-corrected chi connectivity index (χ1v) is 7.10. The molecule has 0 saturated heterocycles. The molecule has 1 unspecified atom stereocenters. The maximum Gasteiger partial charge on any atom is 0.243 e. The second-order valence-electron chi connectivity index (χ2n) is 4.08. The lowest BCUT2D eigenvalue weighted by molar-refractivity contribution is 0.161. The predicted molar refractivity (Wildman–Crippen MR) is 65.5 cm³/mol. The largest absolute Gasteiger partial charge is 0.394 e. The summed E-state index contributed by atoms with van der Waals surface area (Å²) in [4.78, 5) is 0.0977. The van der Waals surface area contributed by atoms with Crippen LogP contribution in [-0.2, 0) is 21.3 Å². The van der Waals surface area contributed by atoms with E-state index in [4.69, 9.17) is 9.84 Å². The van der Waals surface area contributed by atoms with E-state index in [-0.39, 0.29) is 24.0 Å². The average molecular weight is 277 g/mol. The van der Waals surface area contributed by atoms with Crippen molar-refractivity contribution in [3.63, 3.8) is 0 Å². The number of aliphatic hydroxyl groups excluding tert-OH is 1. The van der Waals surface area contributed by atoms with E-state index in [1.807, 2.05) is 6.92 Å². The molecule has 0 aliphatic carbocycles. The van der Waals surface area contributed by atoms with Gasteiger partial charge in [0.2, 0.25) is 10.0 Å². The zero-order valence-electron chi connectivity index (χ0n) is 10.5. The van der Waals surface area contributed by atoms with Crippen molar-refractivity contribution in [2.24, 2.45) is 5.92 Å². The highest BCUT2D eigenvalue weighted by Gasteiger charge is 2.17. The van der Waals surface area contributed by atoms with Gasteiger partial charge in [-0.15, -0.1) is 0 Å².